The molecule has 0 aliphatic carbocycles. The van der Waals surface area contributed by atoms with E-state index in [4.69, 9.17) is 21.1 Å². The van der Waals surface area contributed by atoms with E-state index in [-0.39, 0.29) is 17.1 Å². The molecule has 0 spiro atoms. The Bertz CT molecular complexity index is 828. The fraction of sp³-hybridized carbons (Fsp3) is 0.278. The Labute approximate surface area is 155 Å². The van der Waals surface area contributed by atoms with Crippen LogP contribution in [0.5, 0.6) is 0 Å². The quantitative estimate of drug-likeness (QED) is 0.566. The van der Waals surface area contributed by atoms with E-state index in [9.17, 15) is 14.0 Å². The Morgan fingerprint density at radius 1 is 1.31 bits per heavy atom. The molecule has 1 heterocycles. The van der Waals surface area contributed by atoms with Gasteiger partial charge in [-0.3, -0.25) is 0 Å². The molecule has 1 aromatic carbocycles. The van der Waals surface area contributed by atoms with Crippen LogP contribution in [0.2, 0.25) is 5.15 Å². The van der Waals surface area contributed by atoms with E-state index in [1.165, 1.54) is 35.0 Å². The van der Waals surface area contributed by atoms with Crippen molar-refractivity contribution in [1.82, 2.24) is 9.78 Å². The Hall–Kier alpha value is -2.67. The lowest BCUT2D eigenvalue weighted by atomic mass is 10.2. The van der Waals surface area contributed by atoms with Crippen LogP contribution in [0, 0.1) is 12.7 Å². The summed E-state index contributed by atoms with van der Waals surface area (Å²) in [6.07, 6.45) is 2.31. The zero-order chi connectivity index (χ0) is 19.3. The zero-order valence-electron chi connectivity index (χ0n) is 14.5. The van der Waals surface area contributed by atoms with Crippen LogP contribution in [0.15, 0.2) is 30.3 Å². The lowest BCUT2D eigenvalue weighted by Crippen LogP contribution is -2.18. The number of carbonyl (C=O) groups is 2. The van der Waals surface area contributed by atoms with E-state index >= 15 is 0 Å². The molecule has 0 atom stereocenters. The maximum absolute atomic E-state index is 13.0. The number of hydrogen-bond acceptors (Lipinski definition) is 5. The van der Waals surface area contributed by atoms with Crippen molar-refractivity contribution < 1.29 is 23.5 Å². The van der Waals surface area contributed by atoms with Crippen molar-refractivity contribution in [1.29, 1.82) is 0 Å². The van der Waals surface area contributed by atoms with E-state index in [1.807, 2.05) is 0 Å². The van der Waals surface area contributed by atoms with Gasteiger partial charge in [-0.15, -0.1) is 0 Å². The summed E-state index contributed by atoms with van der Waals surface area (Å²) < 4.78 is 24.1. The van der Waals surface area contributed by atoms with Crippen LogP contribution < -0.4 is 0 Å². The molecule has 0 amide bonds. The molecule has 0 saturated carbocycles. The molecule has 1 aromatic heterocycles. The minimum Gasteiger partial charge on any atom is -0.460 e. The van der Waals surface area contributed by atoms with Gasteiger partial charge in [-0.2, -0.15) is 5.10 Å². The van der Waals surface area contributed by atoms with Crippen molar-refractivity contribution in [3.63, 3.8) is 0 Å². The third-order valence-corrected chi connectivity index (χ3v) is 3.57. The van der Waals surface area contributed by atoms with Crippen molar-refractivity contribution >= 4 is 29.6 Å². The first kappa shape index (κ1) is 19.7. The van der Waals surface area contributed by atoms with Gasteiger partial charge in [0, 0.05) is 11.6 Å². The van der Waals surface area contributed by atoms with Crippen molar-refractivity contribution in [2.45, 2.75) is 26.9 Å². The summed E-state index contributed by atoms with van der Waals surface area (Å²) in [6.45, 7) is 4.65. The molecule has 0 unspecified atom stereocenters. The highest BCUT2D eigenvalue weighted by molar-refractivity contribution is 6.31. The smallest absolute Gasteiger partial charge is 0.344 e. The summed E-state index contributed by atoms with van der Waals surface area (Å²) in [5, 5.41) is 4.54. The SMILES string of the molecule is Cc1nn(-c2ccc(F)cc2)c(Cl)c1/C=C/C(=O)OCC(=O)OC(C)C. The lowest BCUT2D eigenvalue weighted by molar-refractivity contribution is -0.158. The highest BCUT2D eigenvalue weighted by Gasteiger charge is 2.14. The zero-order valence-corrected chi connectivity index (χ0v) is 15.3. The maximum atomic E-state index is 13.0. The molecule has 8 heteroatoms. The lowest BCUT2D eigenvalue weighted by Gasteiger charge is -2.07. The number of halogens is 2. The van der Waals surface area contributed by atoms with Gasteiger partial charge >= 0.3 is 11.9 Å². The molecule has 138 valence electrons. The molecule has 6 nitrogen and oxygen atoms in total. The molecule has 2 rings (SSSR count). The van der Waals surface area contributed by atoms with Crippen LogP contribution in [0.3, 0.4) is 0 Å². The van der Waals surface area contributed by atoms with E-state index in [2.05, 4.69) is 5.10 Å². The van der Waals surface area contributed by atoms with Gasteiger partial charge < -0.3 is 9.47 Å². The average molecular weight is 381 g/mol. The second kappa shape index (κ2) is 8.62. The molecule has 0 radical (unpaired) electrons. The van der Waals surface area contributed by atoms with Crippen LogP contribution in [-0.2, 0) is 19.1 Å². The summed E-state index contributed by atoms with van der Waals surface area (Å²) in [6, 6.07) is 5.67. The van der Waals surface area contributed by atoms with Gasteiger partial charge in [0.2, 0.25) is 0 Å². The Morgan fingerprint density at radius 2 is 1.96 bits per heavy atom. The molecule has 0 bridgehead atoms. The highest BCUT2D eigenvalue weighted by atomic mass is 35.5. The summed E-state index contributed by atoms with van der Waals surface area (Å²) in [5.41, 5.74) is 1.67. The fourth-order valence-corrected chi connectivity index (χ4v) is 2.42. The minimum atomic E-state index is -0.712. The molecule has 26 heavy (non-hydrogen) atoms. The number of ether oxygens (including phenoxy) is 2. The molecular weight excluding hydrogens is 363 g/mol. The fourth-order valence-electron chi connectivity index (χ4n) is 2.08. The number of aryl methyl sites for hydroxylation is 1. The summed E-state index contributed by atoms with van der Waals surface area (Å²) in [5.74, 6) is -1.71. The molecule has 0 fully saturated rings. The van der Waals surface area contributed by atoms with Gasteiger partial charge in [0.05, 0.1) is 17.5 Å². The van der Waals surface area contributed by atoms with Crippen LogP contribution in [0.25, 0.3) is 11.8 Å². The first-order valence-corrected chi connectivity index (χ1v) is 8.21. The third-order valence-electron chi connectivity index (χ3n) is 3.20. The summed E-state index contributed by atoms with van der Waals surface area (Å²) in [7, 11) is 0. The van der Waals surface area contributed by atoms with Gasteiger partial charge in [-0.05, 0) is 51.1 Å². The monoisotopic (exact) mass is 380 g/mol. The minimum absolute atomic E-state index is 0.261. The number of rotatable bonds is 6. The topological polar surface area (TPSA) is 70.4 Å². The van der Waals surface area contributed by atoms with E-state index in [0.29, 0.717) is 16.9 Å². The normalized spacial score (nSPS) is 11.2. The largest absolute Gasteiger partial charge is 0.460 e. The number of esters is 2. The predicted molar refractivity (Wildman–Crippen MR) is 94.5 cm³/mol. The molecule has 2 aromatic rings. The van der Waals surface area contributed by atoms with Gasteiger partial charge in [0.15, 0.2) is 6.61 Å². The van der Waals surface area contributed by atoms with Crippen LogP contribution in [0.4, 0.5) is 4.39 Å². The third kappa shape index (κ3) is 5.16. The second-order valence-electron chi connectivity index (χ2n) is 5.66. The molecule has 0 N–H and O–H groups in total. The summed E-state index contributed by atoms with van der Waals surface area (Å²) >= 11 is 6.30. The number of aromatic nitrogens is 2. The Morgan fingerprint density at radius 3 is 2.58 bits per heavy atom. The highest BCUT2D eigenvalue weighted by Crippen LogP contribution is 2.24. The van der Waals surface area contributed by atoms with Crippen molar-refractivity contribution in [2.75, 3.05) is 6.61 Å². The van der Waals surface area contributed by atoms with E-state index < -0.39 is 18.5 Å². The van der Waals surface area contributed by atoms with Crippen molar-refractivity contribution in [2.24, 2.45) is 0 Å². The Kier molecular flexibility index (Phi) is 6.52. The van der Waals surface area contributed by atoms with E-state index in [1.54, 1.807) is 20.8 Å². The first-order valence-electron chi connectivity index (χ1n) is 7.83. The molecule has 0 saturated heterocycles. The van der Waals surface area contributed by atoms with Gasteiger partial charge in [0.25, 0.3) is 0 Å². The van der Waals surface area contributed by atoms with Crippen molar-refractivity contribution in [3.05, 3.63) is 52.6 Å². The average Bonchev–Trinajstić information content (AvgIpc) is 2.85. The van der Waals surface area contributed by atoms with Crippen molar-refractivity contribution in [3.8, 4) is 5.69 Å². The number of benzene rings is 1. The maximum Gasteiger partial charge on any atom is 0.344 e. The second-order valence-corrected chi connectivity index (χ2v) is 6.02. The van der Waals surface area contributed by atoms with Gasteiger partial charge in [-0.1, -0.05) is 11.6 Å². The summed E-state index contributed by atoms with van der Waals surface area (Å²) in [4.78, 5) is 23.1. The van der Waals surface area contributed by atoms with E-state index in [0.717, 1.165) is 6.08 Å². The molecule has 0 aliphatic rings. The molecular formula is C18H18ClFN2O4. The van der Waals surface area contributed by atoms with Gasteiger partial charge in [0.1, 0.15) is 11.0 Å². The standard InChI is InChI=1S/C18H18ClFN2O4/c1-11(2)26-17(24)10-25-16(23)9-8-15-12(3)21-22(18(15)19)14-6-4-13(20)5-7-14/h4-9,11H,10H2,1-3H3/b9-8+. The van der Waals surface area contributed by atoms with Crippen LogP contribution in [0.1, 0.15) is 25.1 Å². The first-order chi connectivity index (χ1) is 12.3. The predicted octanol–water partition coefficient (Wildman–Crippen LogP) is 3.48. The Balaban J connectivity index is 2.07. The van der Waals surface area contributed by atoms with Gasteiger partial charge in [-0.25, -0.2) is 18.7 Å². The number of carbonyl (C=O) groups excluding carboxylic acids is 2. The molecule has 0 aliphatic heterocycles. The van der Waals surface area contributed by atoms with Crippen LogP contribution in [-0.4, -0.2) is 34.4 Å². The number of hydrogen-bond donors (Lipinski definition) is 0. The number of nitrogens with zero attached hydrogens (tertiary/aromatic N) is 2. The van der Waals surface area contributed by atoms with Crippen LogP contribution >= 0.6 is 11.6 Å².